The molecule has 1 aliphatic rings. The molecule has 0 saturated carbocycles. The molecule has 4 aromatic rings. The lowest BCUT2D eigenvalue weighted by molar-refractivity contribution is 0.0955. The summed E-state index contributed by atoms with van der Waals surface area (Å²) < 4.78 is 7.33. The first kappa shape index (κ1) is 23.2. The minimum Gasteiger partial charge on any atom is -0.453 e. The quantitative estimate of drug-likeness (QED) is 0.366. The Balaban J connectivity index is 1.68. The van der Waals surface area contributed by atoms with Crippen LogP contribution in [0.3, 0.4) is 0 Å². The smallest absolute Gasteiger partial charge is 0.413 e. The normalized spacial score (nSPS) is 12.0. The van der Waals surface area contributed by atoms with Crippen LogP contribution in [-0.4, -0.2) is 45.4 Å². The molecule has 0 atom stereocenters. The fourth-order valence-electron chi connectivity index (χ4n) is 4.05. The van der Waals surface area contributed by atoms with Crippen molar-refractivity contribution in [1.29, 1.82) is 0 Å². The van der Waals surface area contributed by atoms with Crippen LogP contribution in [0.15, 0.2) is 47.2 Å². The minimum absolute atomic E-state index is 0.137. The summed E-state index contributed by atoms with van der Waals surface area (Å²) in [6.45, 7) is 2.43. The van der Waals surface area contributed by atoms with Crippen molar-refractivity contribution in [2.24, 2.45) is 0 Å². The maximum atomic E-state index is 12.3. The maximum absolute atomic E-state index is 12.3. The van der Waals surface area contributed by atoms with Crippen LogP contribution in [0.25, 0.3) is 27.5 Å². The number of fused-ring (bicyclic) bond motifs is 3. The summed E-state index contributed by atoms with van der Waals surface area (Å²) in [5.74, 6) is -0.137. The standard InChI is InChI=1S/C24H21BrN6O3S/c1-3-27-22(32)13-6-9-18(16(25)11-13)31-20-15(19(30-31)14-5-4-10-26-12-14)7-8-17-21(20)35-23(28-17)29-24(33)34-2/h4-6,9-12H,3,7-8H2,1-2H3,(H,27,32)(H,28,29,33). The molecule has 5 rings (SSSR count). The number of hydrogen-bond donors (Lipinski definition) is 2. The van der Waals surface area contributed by atoms with Gasteiger partial charge < -0.3 is 10.1 Å². The van der Waals surface area contributed by atoms with Gasteiger partial charge in [-0.1, -0.05) is 11.3 Å². The first-order valence-corrected chi connectivity index (χ1v) is 12.6. The van der Waals surface area contributed by atoms with Gasteiger partial charge in [0.1, 0.15) is 0 Å². The molecule has 1 aliphatic carbocycles. The largest absolute Gasteiger partial charge is 0.453 e. The van der Waals surface area contributed by atoms with Crippen molar-refractivity contribution in [1.82, 2.24) is 25.1 Å². The second kappa shape index (κ2) is 9.59. The number of aromatic nitrogens is 4. The number of nitrogens with one attached hydrogen (secondary N) is 2. The van der Waals surface area contributed by atoms with Gasteiger partial charge in [0.05, 0.1) is 34.8 Å². The van der Waals surface area contributed by atoms with E-state index in [0.29, 0.717) is 17.2 Å². The summed E-state index contributed by atoms with van der Waals surface area (Å²) in [7, 11) is 1.32. The summed E-state index contributed by atoms with van der Waals surface area (Å²) in [5.41, 5.74) is 5.98. The zero-order valence-electron chi connectivity index (χ0n) is 19.0. The second-order valence-electron chi connectivity index (χ2n) is 7.77. The highest BCUT2D eigenvalue weighted by Gasteiger charge is 2.30. The number of amides is 2. The third kappa shape index (κ3) is 4.32. The summed E-state index contributed by atoms with van der Waals surface area (Å²) in [6.07, 6.45) is 4.42. The SMILES string of the molecule is CCNC(=O)c1ccc(-n2nc(-c3cccnc3)c3c2-c2sc(NC(=O)OC)nc2CC3)c(Br)c1. The van der Waals surface area contributed by atoms with Gasteiger partial charge in [-0.15, -0.1) is 0 Å². The molecule has 1 aromatic carbocycles. The van der Waals surface area contributed by atoms with E-state index in [1.54, 1.807) is 24.5 Å². The third-order valence-electron chi connectivity index (χ3n) is 5.61. The van der Waals surface area contributed by atoms with Crippen molar-refractivity contribution in [3.05, 3.63) is 64.0 Å². The molecule has 35 heavy (non-hydrogen) atoms. The molecule has 0 bridgehead atoms. The third-order valence-corrected chi connectivity index (χ3v) is 7.27. The van der Waals surface area contributed by atoms with Gasteiger partial charge in [0, 0.05) is 40.1 Å². The van der Waals surface area contributed by atoms with Crippen LogP contribution < -0.4 is 10.6 Å². The van der Waals surface area contributed by atoms with E-state index in [0.717, 1.165) is 56.1 Å². The van der Waals surface area contributed by atoms with E-state index in [9.17, 15) is 9.59 Å². The minimum atomic E-state index is -0.565. The van der Waals surface area contributed by atoms with Crippen LogP contribution >= 0.6 is 27.3 Å². The Morgan fingerprint density at radius 1 is 1.26 bits per heavy atom. The Kier molecular flexibility index (Phi) is 6.35. The molecule has 0 saturated heterocycles. The molecule has 2 amide bonds. The first-order chi connectivity index (χ1) is 17.0. The van der Waals surface area contributed by atoms with Gasteiger partial charge in [-0.05, 0) is 66.0 Å². The van der Waals surface area contributed by atoms with E-state index in [1.807, 2.05) is 29.8 Å². The van der Waals surface area contributed by atoms with Crippen LogP contribution in [0.1, 0.15) is 28.5 Å². The summed E-state index contributed by atoms with van der Waals surface area (Å²) in [4.78, 5) is 33.9. The molecule has 0 fully saturated rings. The predicted molar refractivity (Wildman–Crippen MR) is 137 cm³/mol. The first-order valence-electron chi connectivity index (χ1n) is 11.0. The Morgan fingerprint density at radius 3 is 2.83 bits per heavy atom. The molecule has 9 nitrogen and oxygen atoms in total. The number of carbonyl (C=O) groups is 2. The number of hydrogen-bond acceptors (Lipinski definition) is 7. The van der Waals surface area contributed by atoms with Gasteiger partial charge >= 0.3 is 6.09 Å². The van der Waals surface area contributed by atoms with Crippen molar-refractivity contribution in [3.8, 4) is 27.5 Å². The molecule has 2 N–H and O–H groups in total. The summed E-state index contributed by atoms with van der Waals surface area (Å²) in [6, 6.07) is 9.32. The topological polar surface area (TPSA) is 111 Å². The van der Waals surface area contributed by atoms with Crippen LogP contribution in [-0.2, 0) is 17.6 Å². The van der Waals surface area contributed by atoms with Crippen LogP contribution in [0.4, 0.5) is 9.93 Å². The number of rotatable bonds is 5. The summed E-state index contributed by atoms with van der Waals surface area (Å²) >= 11 is 5.03. The van der Waals surface area contributed by atoms with Crippen molar-refractivity contribution >= 4 is 44.4 Å². The molecule has 178 valence electrons. The molecule has 0 spiro atoms. The fourth-order valence-corrected chi connectivity index (χ4v) is 5.66. The number of aryl methyl sites for hydroxylation is 1. The lowest BCUT2D eigenvalue weighted by Crippen LogP contribution is -2.22. The highest BCUT2D eigenvalue weighted by Crippen LogP contribution is 2.44. The number of benzene rings is 1. The Bertz CT molecular complexity index is 1430. The predicted octanol–water partition coefficient (Wildman–Crippen LogP) is 4.85. The van der Waals surface area contributed by atoms with Crippen LogP contribution in [0.5, 0.6) is 0 Å². The number of thiazole rings is 1. The van der Waals surface area contributed by atoms with Gasteiger partial charge in [-0.3, -0.25) is 15.1 Å². The fraction of sp³-hybridized carbons (Fsp3) is 0.208. The van der Waals surface area contributed by atoms with Crippen molar-refractivity contribution in [2.45, 2.75) is 19.8 Å². The molecule has 3 aromatic heterocycles. The molecule has 0 radical (unpaired) electrons. The number of carbonyl (C=O) groups excluding carboxylic acids is 2. The van der Waals surface area contributed by atoms with Crippen LogP contribution in [0.2, 0.25) is 0 Å². The highest BCUT2D eigenvalue weighted by atomic mass is 79.9. The Hall–Kier alpha value is -3.57. The zero-order valence-corrected chi connectivity index (χ0v) is 21.4. The van der Waals surface area contributed by atoms with E-state index in [2.05, 4.69) is 36.5 Å². The van der Waals surface area contributed by atoms with E-state index >= 15 is 0 Å². The number of nitrogens with zero attached hydrogens (tertiary/aromatic N) is 4. The Labute approximate surface area is 213 Å². The zero-order chi connectivity index (χ0) is 24.5. The lowest BCUT2D eigenvalue weighted by Gasteiger charge is -2.15. The number of ether oxygens (including phenoxy) is 1. The lowest BCUT2D eigenvalue weighted by atomic mass is 9.95. The number of methoxy groups -OCH3 is 1. The van der Waals surface area contributed by atoms with Crippen LogP contribution in [0, 0.1) is 0 Å². The molecule has 0 unspecified atom stereocenters. The molecule has 0 aliphatic heterocycles. The number of anilines is 1. The average Bonchev–Trinajstić information content (AvgIpc) is 3.45. The highest BCUT2D eigenvalue weighted by molar-refractivity contribution is 9.10. The molecule has 3 heterocycles. The van der Waals surface area contributed by atoms with Crippen molar-refractivity contribution < 1.29 is 14.3 Å². The maximum Gasteiger partial charge on any atom is 0.413 e. The van der Waals surface area contributed by atoms with E-state index in [1.165, 1.54) is 18.4 Å². The van der Waals surface area contributed by atoms with Crippen molar-refractivity contribution in [2.75, 3.05) is 19.0 Å². The van der Waals surface area contributed by atoms with Gasteiger partial charge in [0.15, 0.2) is 5.13 Å². The monoisotopic (exact) mass is 552 g/mol. The average molecular weight is 553 g/mol. The van der Waals surface area contributed by atoms with Gasteiger partial charge in [-0.2, -0.15) is 5.10 Å². The van der Waals surface area contributed by atoms with E-state index in [-0.39, 0.29) is 5.91 Å². The van der Waals surface area contributed by atoms with E-state index < -0.39 is 6.09 Å². The molecule has 11 heteroatoms. The molecular formula is C24H21BrN6O3S. The van der Waals surface area contributed by atoms with Gasteiger partial charge in [0.2, 0.25) is 0 Å². The number of halogens is 1. The van der Waals surface area contributed by atoms with E-state index in [4.69, 9.17) is 9.84 Å². The summed E-state index contributed by atoms with van der Waals surface area (Å²) in [5, 5.41) is 11.0. The molecular weight excluding hydrogens is 532 g/mol. The van der Waals surface area contributed by atoms with Gasteiger partial charge in [-0.25, -0.2) is 14.5 Å². The van der Waals surface area contributed by atoms with Crippen molar-refractivity contribution in [3.63, 3.8) is 0 Å². The Morgan fingerprint density at radius 2 is 2.11 bits per heavy atom. The second-order valence-corrected chi connectivity index (χ2v) is 9.62. The van der Waals surface area contributed by atoms with Gasteiger partial charge in [0.25, 0.3) is 5.91 Å². The number of pyridine rings is 1.